The quantitative estimate of drug-likeness (QED) is 0.793. The third kappa shape index (κ3) is 2.71. The predicted octanol–water partition coefficient (Wildman–Crippen LogP) is 2.44. The summed E-state index contributed by atoms with van der Waals surface area (Å²) in [5, 5.41) is 3.30. The van der Waals surface area contributed by atoms with Gasteiger partial charge in [-0.15, -0.1) is 0 Å². The van der Waals surface area contributed by atoms with Gasteiger partial charge in [-0.05, 0) is 37.0 Å². The minimum atomic E-state index is 0.130. The zero-order valence-electron chi connectivity index (χ0n) is 12.0. The largest absolute Gasteiger partial charge is 0.353 e. The van der Waals surface area contributed by atoms with Crippen LogP contribution in [0, 0.1) is 17.3 Å². The molecule has 0 spiro atoms. The monoisotopic (exact) mass is 252 g/mol. The van der Waals surface area contributed by atoms with E-state index in [2.05, 4.69) is 26.1 Å². The van der Waals surface area contributed by atoms with E-state index in [9.17, 15) is 4.79 Å². The maximum atomic E-state index is 12.4. The Morgan fingerprint density at radius 3 is 2.56 bits per heavy atom. The van der Waals surface area contributed by atoms with Gasteiger partial charge in [-0.1, -0.05) is 33.6 Å². The van der Waals surface area contributed by atoms with Gasteiger partial charge in [0.25, 0.3) is 0 Å². The summed E-state index contributed by atoms with van der Waals surface area (Å²) in [6, 6.07) is 0.557. The van der Waals surface area contributed by atoms with Crippen LogP contribution in [0.5, 0.6) is 0 Å². The van der Waals surface area contributed by atoms with Crippen molar-refractivity contribution in [2.24, 2.45) is 23.0 Å². The number of hydrogen-bond acceptors (Lipinski definition) is 2. The van der Waals surface area contributed by atoms with Crippen molar-refractivity contribution in [1.29, 1.82) is 0 Å². The first kappa shape index (κ1) is 13.9. The van der Waals surface area contributed by atoms with E-state index in [-0.39, 0.29) is 23.3 Å². The topological polar surface area (TPSA) is 55.1 Å². The van der Waals surface area contributed by atoms with E-state index in [0.29, 0.717) is 12.0 Å². The highest BCUT2D eigenvalue weighted by Gasteiger charge is 2.38. The molecule has 4 unspecified atom stereocenters. The van der Waals surface area contributed by atoms with E-state index in [4.69, 9.17) is 5.73 Å². The Balaban J connectivity index is 1.95. The van der Waals surface area contributed by atoms with Crippen molar-refractivity contribution in [3.8, 4) is 0 Å². The second kappa shape index (κ2) is 5.20. The maximum Gasteiger partial charge on any atom is 0.223 e. The highest BCUT2D eigenvalue weighted by molar-refractivity contribution is 5.79. The molecule has 0 radical (unpaired) electrons. The maximum absolute atomic E-state index is 12.4. The van der Waals surface area contributed by atoms with E-state index in [1.165, 1.54) is 12.8 Å². The van der Waals surface area contributed by atoms with Crippen molar-refractivity contribution >= 4 is 5.91 Å². The summed E-state index contributed by atoms with van der Waals surface area (Å²) in [5.74, 6) is 0.700. The molecule has 0 heterocycles. The minimum Gasteiger partial charge on any atom is -0.353 e. The normalized spacial score (nSPS) is 39.6. The molecule has 2 aliphatic carbocycles. The first-order valence-corrected chi connectivity index (χ1v) is 7.48. The molecule has 0 aromatic rings. The van der Waals surface area contributed by atoms with Crippen molar-refractivity contribution in [1.82, 2.24) is 5.32 Å². The number of hydrogen-bond donors (Lipinski definition) is 2. The van der Waals surface area contributed by atoms with Crippen LogP contribution in [0.2, 0.25) is 0 Å². The van der Waals surface area contributed by atoms with E-state index in [0.717, 1.165) is 25.7 Å². The molecule has 2 aliphatic rings. The Kier molecular flexibility index (Phi) is 4.00. The Labute approximate surface area is 111 Å². The van der Waals surface area contributed by atoms with Crippen LogP contribution >= 0.6 is 0 Å². The van der Waals surface area contributed by atoms with E-state index >= 15 is 0 Å². The molecule has 18 heavy (non-hydrogen) atoms. The lowest BCUT2D eigenvalue weighted by Crippen LogP contribution is -2.49. The molecule has 2 rings (SSSR count). The van der Waals surface area contributed by atoms with Gasteiger partial charge in [0.2, 0.25) is 5.91 Å². The smallest absolute Gasteiger partial charge is 0.223 e. The van der Waals surface area contributed by atoms with Crippen molar-refractivity contribution in [2.75, 3.05) is 0 Å². The molecular weight excluding hydrogens is 224 g/mol. The molecule has 104 valence electrons. The number of nitrogens with two attached hydrogens (primary N) is 1. The lowest BCUT2D eigenvalue weighted by Gasteiger charge is -2.35. The third-order valence-corrected chi connectivity index (χ3v) is 5.27. The summed E-state index contributed by atoms with van der Waals surface area (Å²) in [6.07, 6.45) is 6.76. The van der Waals surface area contributed by atoms with E-state index in [1.54, 1.807) is 0 Å². The van der Waals surface area contributed by atoms with Gasteiger partial charge in [0, 0.05) is 18.0 Å². The average Bonchev–Trinajstić information content (AvgIpc) is 2.62. The van der Waals surface area contributed by atoms with Gasteiger partial charge in [-0.3, -0.25) is 4.79 Å². The van der Waals surface area contributed by atoms with Gasteiger partial charge in [-0.2, -0.15) is 0 Å². The highest BCUT2D eigenvalue weighted by Crippen LogP contribution is 2.38. The minimum absolute atomic E-state index is 0.130. The summed E-state index contributed by atoms with van der Waals surface area (Å²) in [5.41, 5.74) is 6.35. The third-order valence-electron chi connectivity index (χ3n) is 5.27. The van der Waals surface area contributed by atoms with Crippen LogP contribution in [0.3, 0.4) is 0 Å². The number of rotatable bonds is 2. The summed E-state index contributed by atoms with van der Waals surface area (Å²) in [7, 11) is 0. The van der Waals surface area contributed by atoms with Crippen molar-refractivity contribution in [2.45, 2.75) is 71.4 Å². The SMILES string of the molecule is CC1C(N)CCCC1C(=O)NC1CCCC1(C)C. The molecule has 3 nitrogen and oxygen atoms in total. The van der Waals surface area contributed by atoms with Crippen LogP contribution in [-0.2, 0) is 4.79 Å². The average molecular weight is 252 g/mol. The Morgan fingerprint density at radius 2 is 1.94 bits per heavy atom. The number of carbonyl (C=O) groups is 1. The molecule has 2 fully saturated rings. The van der Waals surface area contributed by atoms with Gasteiger partial charge in [0.15, 0.2) is 0 Å². The molecule has 0 bridgehead atoms. The zero-order chi connectivity index (χ0) is 13.3. The molecule has 0 aromatic carbocycles. The Hall–Kier alpha value is -0.570. The highest BCUT2D eigenvalue weighted by atomic mass is 16.2. The molecule has 0 saturated heterocycles. The Bertz CT molecular complexity index is 314. The van der Waals surface area contributed by atoms with Gasteiger partial charge in [0.05, 0.1) is 0 Å². The van der Waals surface area contributed by atoms with E-state index < -0.39 is 0 Å². The van der Waals surface area contributed by atoms with Gasteiger partial charge < -0.3 is 11.1 Å². The van der Waals surface area contributed by atoms with Crippen LogP contribution in [-0.4, -0.2) is 18.0 Å². The fourth-order valence-electron chi connectivity index (χ4n) is 3.64. The molecule has 3 N–H and O–H groups in total. The predicted molar refractivity (Wildman–Crippen MR) is 74.0 cm³/mol. The van der Waals surface area contributed by atoms with Crippen molar-refractivity contribution < 1.29 is 4.79 Å². The molecule has 0 aromatic heterocycles. The number of amides is 1. The number of carbonyl (C=O) groups excluding carboxylic acids is 1. The number of nitrogens with one attached hydrogen (secondary N) is 1. The van der Waals surface area contributed by atoms with E-state index in [1.807, 2.05) is 0 Å². The van der Waals surface area contributed by atoms with Gasteiger partial charge in [-0.25, -0.2) is 0 Å². The molecule has 3 heteroatoms. The second-order valence-electron chi connectivity index (χ2n) is 7.00. The van der Waals surface area contributed by atoms with Crippen molar-refractivity contribution in [3.05, 3.63) is 0 Å². The lowest BCUT2D eigenvalue weighted by molar-refractivity contribution is -0.129. The fourth-order valence-corrected chi connectivity index (χ4v) is 3.64. The first-order valence-electron chi connectivity index (χ1n) is 7.48. The Morgan fingerprint density at radius 1 is 1.22 bits per heavy atom. The molecular formula is C15H28N2O. The fraction of sp³-hybridized carbons (Fsp3) is 0.933. The summed E-state index contributed by atoms with van der Waals surface area (Å²) < 4.78 is 0. The molecule has 1 amide bonds. The van der Waals surface area contributed by atoms with Crippen LogP contribution < -0.4 is 11.1 Å². The molecule has 0 aliphatic heterocycles. The lowest BCUT2D eigenvalue weighted by atomic mass is 9.76. The summed E-state index contributed by atoms with van der Waals surface area (Å²) in [4.78, 5) is 12.4. The van der Waals surface area contributed by atoms with Crippen LogP contribution in [0.4, 0.5) is 0 Å². The summed E-state index contributed by atoms with van der Waals surface area (Å²) >= 11 is 0. The van der Waals surface area contributed by atoms with Gasteiger partial charge >= 0.3 is 0 Å². The summed E-state index contributed by atoms with van der Waals surface area (Å²) in [6.45, 7) is 6.66. The standard InChI is InChI=1S/C15H28N2O/c1-10-11(6-4-7-12(10)16)14(18)17-13-8-5-9-15(13,2)3/h10-13H,4-9,16H2,1-3H3,(H,17,18). The van der Waals surface area contributed by atoms with Crippen LogP contribution in [0.25, 0.3) is 0 Å². The second-order valence-corrected chi connectivity index (χ2v) is 7.00. The van der Waals surface area contributed by atoms with Crippen molar-refractivity contribution in [3.63, 3.8) is 0 Å². The molecule has 4 atom stereocenters. The zero-order valence-corrected chi connectivity index (χ0v) is 12.0. The van der Waals surface area contributed by atoms with Crippen LogP contribution in [0.15, 0.2) is 0 Å². The van der Waals surface area contributed by atoms with Gasteiger partial charge in [0.1, 0.15) is 0 Å². The van der Waals surface area contributed by atoms with Crippen LogP contribution in [0.1, 0.15) is 59.3 Å². The first-order chi connectivity index (χ1) is 8.42. The molecule has 2 saturated carbocycles.